The molecule has 0 saturated heterocycles. The van der Waals surface area contributed by atoms with Crippen LogP contribution in [-0.4, -0.2) is 18.5 Å². The highest BCUT2D eigenvalue weighted by Crippen LogP contribution is 2.13. The molecular weight excluding hydrogens is 326 g/mol. The van der Waals surface area contributed by atoms with Gasteiger partial charge in [0.05, 0.1) is 6.61 Å². The van der Waals surface area contributed by atoms with Gasteiger partial charge in [-0.3, -0.25) is 9.59 Å². The van der Waals surface area contributed by atoms with Crippen molar-refractivity contribution in [2.45, 2.75) is 19.9 Å². The van der Waals surface area contributed by atoms with Crippen LogP contribution in [0.3, 0.4) is 0 Å². The zero-order valence-corrected chi connectivity index (χ0v) is 14.3. The molecule has 24 heavy (non-hydrogen) atoms. The van der Waals surface area contributed by atoms with Gasteiger partial charge in [-0.1, -0.05) is 54.1 Å². The molecule has 0 aliphatic rings. The van der Waals surface area contributed by atoms with E-state index in [2.05, 4.69) is 5.32 Å². The summed E-state index contributed by atoms with van der Waals surface area (Å²) in [4.78, 5) is 24.6. The van der Waals surface area contributed by atoms with Gasteiger partial charge in [0, 0.05) is 11.6 Å². The molecule has 0 aromatic heterocycles. The maximum Gasteiger partial charge on any atom is 0.318 e. The molecular formula is C19H20ClNO3. The molecule has 0 bridgehead atoms. The topological polar surface area (TPSA) is 55.4 Å². The molecule has 2 rings (SSSR count). The maximum atomic E-state index is 12.5. The second kappa shape index (κ2) is 9.08. The Morgan fingerprint density at radius 2 is 1.71 bits per heavy atom. The average molecular weight is 346 g/mol. The van der Waals surface area contributed by atoms with Crippen LogP contribution in [0.1, 0.15) is 18.1 Å². The van der Waals surface area contributed by atoms with Gasteiger partial charge in [0.1, 0.15) is 5.92 Å². The number of carbonyl (C=O) groups is 2. The molecule has 0 spiro atoms. The van der Waals surface area contributed by atoms with Gasteiger partial charge in [-0.05, 0) is 36.6 Å². The van der Waals surface area contributed by atoms with Gasteiger partial charge in [-0.15, -0.1) is 0 Å². The highest BCUT2D eigenvalue weighted by Gasteiger charge is 2.28. The predicted molar refractivity (Wildman–Crippen MR) is 93.6 cm³/mol. The molecule has 2 aromatic rings. The second-order valence-electron chi connectivity index (χ2n) is 5.34. The van der Waals surface area contributed by atoms with Crippen LogP contribution in [0.4, 0.5) is 0 Å². The van der Waals surface area contributed by atoms with Crippen molar-refractivity contribution in [3.05, 3.63) is 70.7 Å². The summed E-state index contributed by atoms with van der Waals surface area (Å²) in [6.07, 6.45) is 0.312. The molecule has 126 valence electrons. The molecule has 1 amide bonds. The molecule has 1 N–H and O–H groups in total. The molecule has 0 unspecified atom stereocenters. The van der Waals surface area contributed by atoms with E-state index in [-0.39, 0.29) is 12.5 Å². The Hall–Kier alpha value is -2.33. The monoisotopic (exact) mass is 345 g/mol. The summed E-state index contributed by atoms with van der Waals surface area (Å²) < 4.78 is 5.05. The first-order valence-corrected chi connectivity index (χ1v) is 8.20. The number of carbonyl (C=O) groups excluding carboxylic acids is 2. The molecule has 0 radical (unpaired) electrons. The number of halogens is 1. The first-order valence-electron chi connectivity index (χ1n) is 7.83. The largest absolute Gasteiger partial charge is 0.465 e. The smallest absolute Gasteiger partial charge is 0.318 e. The summed E-state index contributed by atoms with van der Waals surface area (Å²) in [6, 6.07) is 16.6. The Morgan fingerprint density at radius 3 is 2.33 bits per heavy atom. The summed E-state index contributed by atoms with van der Waals surface area (Å²) in [5.41, 5.74) is 1.83. The Balaban J connectivity index is 2.03. The third-order valence-corrected chi connectivity index (χ3v) is 3.80. The summed E-state index contributed by atoms with van der Waals surface area (Å²) in [5.74, 6) is -1.71. The minimum Gasteiger partial charge on any atom is -0.465 e. The van der Waals surface area contributed by atoms with E-state index in [0.29, 0.717) is 18.0 Å². The lowest BCUT2D eigenvalue weighted by Crippen LogP contribution is -2.37. The first-order chi connectivity index (χ1) is 11.6. The Morgan fingerprint density at radius 1 is 1.04 bits per heavy atom. The SMILES string of the molecule is CCOC(=O)[C@H](Cc1ccccc1)C(=O)NCc1ccc(Cl)cc1. The first kappa shape index (κ1) is 18.0. The summed E-state index contributed by atoms with van der Waals surface area (Å²) in [6.45, 7) is 2.30. The van der Waals surface area contributed by atoms with E-state index in [1.54, 1.807) is 19.1 Å². The third kappa shape index (κ3) is 5.39. The highest BCUT2D eigenvalue weighted by molar-refractivity contribution is 6.30. The lowest BCUT2D eigenvalue weighted by atomic mass is 9.98. The van der Waals surface area contributed by atoms with E-state index in [1.807, 2.05) is 42.5 Å². The predicted octanol–water partition coefficient (Wildman–Crippen LogP) is 3.38. The number of nitrogens with one attached hydrogen (secondary N) is 1. The molecule has 1 atom stereocenters. The van der Waals surface area contributed by atoms with Crippen molar-refractivity contribution < 1.29 is 14.3 Å². The van der Waals surface area contributed by atoms with Crippen molar-refractivity contribution >= 4 is 23.5 Å². The van der Waals surface area contributed by atoms with Crippen molar-refractivity contribution in [2.24, 2.45) is 5.92 Å². The maximum absolute atomic E-state index is 12.5. The number of amides is 1. The number of esters is 1. The van der Waals surface area contributed by atoms with Crippen LogP contribution >= 0.6 is 11.6 Å². The van der Waals surface area contributed by atoms with Crippen LogP contribution in [0.5, 0.6) is 0 Å². The number of hydrogen-bond donors (Lipinski definition) is 1. The zero-order valence-electron chi connectivity index (χ0n) is 13.5. The highest BCUT2D eigenvalue weighted by atomic mass is 35.5. The molecule has 0 heterocycles. The molecule has 4 nitrogen and oxygen atoms in total. The summed E-state index contributed by atoms with van der Waals surface area (Å²) >= 11 is 5.84. The fraction of sp³-hybridized carbons (Fsp3) is 0.263. The fourth-order valence-corrected chi connectivity index (χ4v) is 2.42. The van der Waals surface area contributed by atoms with Crippen molar-refractivity contribution in [1.82, 2.24) is 5.32 Å². The van der Waals surface area contributed by atoms with E-state index in [0.717, 1.165) is 11.1 Å². The quantitative estimate of drug-likeness (QED) is 0.618. The van der Waals surface area contributed by atoms with Crippen LogP contribution < -0.4 is 5.32 Å². The van der Waals surface area contributed by atoms with E-state index in [9.17, 15) is 9.59 Å². The third-order valence-electron chi connectivity index (χ3n) is 3.55. The van der Waals surface area contributed by atoms with E-state index in [4.69, 9.17) is 16.3 Å². The van der Waals surface area contributed by atoms with Crippen molar-refractivity contribution in [1.29, 1.82) is 0 Å². The fourth-order valence-electron chi connectivity index (χ4n) is 2.29. The van der Waals surface area contributed by atoms with Crippen molar-refractivity contribution in [3.63, 3.8) is 0 Å². The normalized spacial score (nSPS) is 11.6. The van der Waals surface area contributed by atoms with Crippen LogP contribution in [-0.2, 0) is 27.3 Å². The molecule has 0 aliphatic heterocycles. The van der Waals surface area contributed by atoms with Crippen LogP contribution in [0.2, 0.25) is 5.02 Å². The summed E-state index contributed by atoms with van der Waals surface area (Å²) in [5, 5.41) is 3.43. The molecule has 5 heteroatoms. The van der Waals surface area contributed by atoms with Gasteiger partial charge in [0.2, 0.25) is 5.91 Å². The van der Waals surface area contributed by atoms with Crippen molar-refractivity contribution in [2.75, 3.05) is 6.61 Å². The standard InChI is InChI=1S/C19H20ClNO3/c1-2-24-19(23)17(12-14-6-4-3-5-7-14)18(22)21-13-15-8-10-16(20)11-9-15/h3-11,17H,2,12-13H2,1H3,(H,21,22)/t17-/m1/s1. The average Bonchev–Trinajstić information content (AvgIpc) is 2.60. The number of rotatable bonds is 7. The van der Waals surface area contributed by atoms with E-state index < -0.39 is 11.9 Å². The number of ether oxygens (including phenoxy) is 1. The Bertz CT molecular complexity index is 671. The Labute approximate surface area is 146 Å². The minimum atomic E-state index is -0.861. The second-order valence-corrected chi connectivity index (χ2v) is 5.78. The lowest BCUT2D eigenvalue weighted by molar-refractivity contribution is -0.152. The molecule has 0 aliphatic carbocycles. The van der Waals surface area contributed by atoms with E-state index in [1.165, 1.54) is 0 Å². The van der Waals surface area contributed by atoms with Crippen LogP contribution in [0.15, 0.2) is 54.6 Å². The van der Waals surface area contributed by atoms with Crippen molar-refractivity contribution in [3.8, 4) is 0 Å². The molecule has 0 saturated carbocycles. The van der Waals surface area contributed by atoms with Gasteiger partial charge >= 0.3 is 5.97 Å². The lowest BCUT2D eigenvalue weighted by Gasteiger charge is -2.16. The van der Waals surface area contributed by atoms with Gasteiger partial charge in [0.25, 0.3) is 0 Å². The number of hydrogen-bond acceptors (Lipinski definition) is 3. The van der Waals surface area contributed by atoms with Gasteiger partial charge in [-0.2, -0.15) is 0 Å². The number of benzene rings is 2. The van der Waals surface area contributed by atoms with Crippen LogP contribution in [0.25, 0.3) is 0 Å². The van der Waals surface area contributed by atoms with E-state index >= 15 is 0 Å². The summed E-state index contributed by atoms with van der Waals surface area (Å²) in [7, 11) is 0. The van der Waals surface area contributed by atoms with Gasteiger partial charge < -0.3 is 10.1 Å². The molecule has 0 fully saturated rings. The van der Waals surface area contributed by atoms with Crippen LogP contribution in [0, 0.1) is 5.92 Å². The molecule has 2 aromatic carbocycles. The zero-order chi connectivity index (χ0) is 17.4. The Kier molecular flexibility index (Phi) is 6.82. The minimum absolute atomic E-state index is 0.245. The van der Waals surface area contributed by atoms with Gasteiger partial charge in [0.15, 0.2) is 0 Å². The van der Waals surface area contributed by atoms with Gasteiger partial charge in [-0.25, -0.2) is 0 Å².